The third kappa shape index (κ3) is 1.68. The molecule has 1 atom stereocenters. The molecule has 0 spiro atoms. The first-order valence-electron chi connectivity index (χ1n) is 4.53. The first-order valence-corrected chi connectivity index (χ1v) is 6.52. The summed E-state index contributed by atoms with van der Waals surface area (Å²) in [7, 11) is -3.55. The fraction of sp³-hybridized carbons (Fsp3) is 0.300. The molecule has 0 N–H and O–H groups in total. The van der Waals surface area contributed by atoms with Crippen LogP contribution in [0.4, 0.5) is 0 Å². The molecule has 5 heteroatoms. The van der Waals surface area contributed by atoms with E-state index in [1.165, 1.54) is 12.1 Å². The van der Waals surface area contributed by atoms with Crippen LogP contribution in [0.5, 0.6) is 0 Å². The molecule has 0 aromatic heterocycles. The van der Waals surface area contributed by atoms with Crippen LogP contribution in [0, 0.1) is 0 Å². The molecule has 0 saturated heterocycles. The van der Waals surface area contributed by atoms with Gasteiger partial charge in [0.25, 0.3) is 0 Å². The van der Waals surface area contributed by atoms with Gasteiger partial charge in [0, 0.05) is 12.0 Å². The van der Waals surface area contributed by atoms with E-state index in [-0.39, 0.29) is 29.1 Å². The minimum Gasteiger partial charge on any atom is -0.294 e. The van der Waals surface area contributed by atoms with Crippen molar-refractivity contribution in [2.75, 3.05) is 0 Å². The lowest BCUT2D eigenvalue weighted by molar-refractivity contribution is 0.0979. The maximum atomic E-state index is 11.9. The highest BCUT2D eigenvalue weighted by atomic mass is 35.5. The van der Waals surface area contributed by atoms with Crippen LogP contribution in [0.1, 0.15) is 23.2 Å². The largest absolute Gasteiger partial charge is 0.294 e. The van der Waals surface area contributed by atoms with Crippen LogP contribution in [-0.4, -0.2) is 18.9 Å². The Balaban J connectivity index is 2.73. The zero-order valence-corrected chi connectivity index (χ0v) is 9.38. The number of rotatable bonds is 0. The number of alkyl halides is 1. The Morgan fingerprint density at radius 3 is 2.67 bits per heavy atom. The Morgan fingerprint density at radius 2 is 1.93 bits per heavy atom. The van der Waals surface area contributed by atoms with Crippen LogP contribution < -0.4 is 0 Å². The normalized spacial score (nSPS) is 24.3. The van der Waals surface area contributed by atoms with Crippen molar-refractivity contribution in [2.45, 2.75) is 22.4 Å². The highest BCUT2D eigenvalue weighted by Gasteiger charge is 2.33. The lowest BCUT2D eigenvalue weighted by Gasteiger charge is -2.07. The molecule has 0 saturated carbocycles. The van der Waals surface area contributed by atoms with Crippen LogP contribution in [0.25, 0.3) is 0 Å². The number of halogens is 1. The smallest absolute Gasteiger partial charge is 0.195 e. The second-order valence-electron chi connectivity index (χ2n) is 3.41. The van der Waals surface area contributed by atoms with Gasteiger partial charge in [-0.3, -0.25) is 4.79 Å². The van der Waals surface area contributed by atoms with Crippen molar-refractivity contribution in [3.05, 3.63) is 29.8 Å². The molecule has 1 heterocycles. The van der Waals surface area contributed by atoms with Crippen molar-refractivity contribution in [1.29, 1.82) is 0 Å². The minimum absolute atomic E-state index is 0.0625. The number of Topliss-reactive ketones (excluding diaryl/α,β-unsaturated/α-hetero) is 1. The number of benzene rings is 1. The van der Waals surface area contributed by atoms with Crippen LogP contribution in [-0.2, 0) is 9.84 Å². The fourth-order valence-electron chi connectivity index (χ4n) is 1.62. The molecule has 1 aromatic carbocycles. The Hall–Kier alpha value is -0.870. The van der Waals surface area contributed by atoms with Crippen molar-refractivity contribution in [1.82, 2.24) is 0 Å². The molecule has 0 bridgehead atoms. The van der Waals surface area contributed by atoms with Crippen molar-refractivity contribution in [3.63, 3.8) is 0 Å². The average molecular weight is 245 g/mol. The summed E-state index contributed by atoms with van der Waals surface area (Å²) in [6.45, 7) is 0. The Bertz CT molecular complexity index is 507. The number of hydrogen-bond acceptors (Lipinski definition) is 3. The van der Waals surface area contributed by atoms with Crippen LogP contribution in [0.3, 0.4) is 0 Å². The van der Waals surface area contributed by atoms with Crippen LogP contribution in [0.2, 0.25) is 0 Å². The van der Waals surface area contributed by atoms with E-state index >= 15 is 0 Å². The zero-order chi connectivity index (χ0) is 11.1. The fourth-order valence-corrected chi connectivity index (χ4v) is 3.47. The molecule has 0 radical (unpaired) electrons. The molecule has 0 fully saturated rings. The molecule has 80 valence electrons. The molecule has 1 unspecified atom stereocenters. The zero-order valence-electron chi connectivity index (χ0n) is 7.81. The summed E-state index contributed by atoms with van der Waals surface area (Å²) in [4.78, 5) is 11.7. The Kier molecular flexibility index (Phi) is 2.56. The topological polar surface area (TPSA) is 51.2 Å². The van der Waals surface area contributed by atoms with Crippen molar-refractivity contribution in [3.8, 4) is 0 Å². The number of sulfone groups is 1. The van der Waals surface area contributed by atoms with E-state index in [1.54, 1.807) is 12.1 Å². The second-order valence-corrected chi connectivity index (χ2v) is 6.30. The number of fused-ring (bicyclic) bond motifs is 1. The molecule has 1 aliphatic heterocycles. The predicted molar refractivity (Wildman–Crippen MR) is 56.8 cm³/mol. The second kappa shape index (κ2) is 3.61. The lowest BCUT2D eigenvalue weighted by Crippen LogP contribution is -2.14. The van der Waals surface area contributed by atoms with E-state index in [9.17, 15) is 13.2 Å². The summed E-state index contributed by atoms with van der Waals surface area (Å²) in [5.41, 5.74) is 0.264. The summed E-state index contributed by atoms with van der Waals surface area (Å²) < 4.78 is 22.8. The van der Waals surface area contributed by atoms with Gasteiger partial charge in [0.15, 0.2) is 15.6 Å². The average Bonchev–Trinajstić information content (AvgIpc) is 2.31. The number of carbonyl (C=O) groups excluding carboxylic acids is 1. The summed E-state index contributed by atoms with van der Waals surface area (Å²) >= 11 is 5.77. The molecule has 2 rings (SSSR count). The van der Waals surface area contributed by atoms with Gasteiger partial charge in [-0.1, -0.05) is 18.2 Å². The van der Waals surface area contributed by atoms with Gasteiger partial charge in [-0.2, -0.15) is 0 Å². The minimum atomic E-state index is -3.55. The molecule has 1 aliphatic rings. The van der Waals surface area contributed by atoms with E-state index < -0.39 is 14.5 Å². The summed E-state index contributed by atoms with van der Waals surface area (Å²) in [5.74, 6) is -0.155. The molecule has 1 aromatic rings. The number of hydrogen-bond donors (Lipinski definition) is 0. The maximum Gasteiger partial charge on any atom is 0.195 e. The first-order chi connectivity index (χ1) is 7.03. The molecule has 0 amide bonds. The van der Waals surface area contributed by atoms with Gasteiger partial charge in [-0.15, -0.1) is 11.6 Å². The van der Waals surface area contributed by atoms with Gasteiger partial charge in [0.05, 0.1) is 4.90 Å². The van der Waals surface area contributed by atoms with E-state index in [4.69, 9.17) is 11.6 Å². The third-order valence-corrected chi connectivity index (χ3v) is 5.23. The van der Waals surface area contributed by atoms with Crippen LogP contribution >= 0.6 is 11.6 Å². The van der Waals surface area contributed by atoms with Gasteiger partial charge >= 0.3 is 0 Å². The maximum absolute atomic E-state index is 11.9. The van der Waals surface area contributed by atoms with Gasteiger partial charge in [-0.25, -0.2) is 8.42 Å². The summed E-state index contributed by atoms with van der Waals surface area (Å²) in [6, 6.07) is 6.22. The molecule has 3 nitrogen and oxygen atoms in total. The van der Waals surface area contributed by atoms with Gasteiger partial charge < -0.3 is 0 Å². The van der Waals surface area contributed by atoms with Gasteiger partial charge in [0.1, 0.15) is 4.71 Å². The monoisotopic (exact) mass is 244 g/mol. The predicted octanol–water partition coefficient (Wildman–Crippen LogP) is 2.00. The standard InChI is InChI=1S/C10H9ClO3S/c11-10-6-5-8(12)7-3-1-2-4-9(7)15(10,13)14/h1-4,10H,5-6H2. The van der Waals surface area contributed by atoms with E-state index in [0.717, 1.165) is 0 Å². The van der Waals surface area contributed by atoms with Gasteiger partial charge in [-0.05, 0) is 12.5 Å². The van der Waals surface area contributed by atoms with Crippen molar-refractivity contribution in [2.24, 2.45) is 0 Å². The van der Waals surface area contributed by atoms with E-state index in [0.29, 0.717) is 0 Å². The molecule has 15 heavy (non-hydrogen) atoms. The molecule has 0 aliphatic carbocycles. The van der Waals surface area contributed by atoms with Crippen LogP contribution in [0.15, 0.2) is 29.2 Å². The summed E-state index contributed by atoms with van der Waals surface area (Å²) in [5, 5.41) is 0. The van der Waals surface area contributed by atoms with E-state index in [1.807, 2.05) is 0 Å². The summed E-state index contributed by atoms with van der Waals surface area (Å²) in [6.07, 6.45) is 0.363. The van der Waals surface area contributed by atoms with Crippen molar-refractivity contribution < 1.29 is 13.2 Å². The van der Waals surface area contributed by atoms with E-state index in [2.05, 4.69) is 0 Å². The number of carbonyl (C=O) groups is 1. The SMILES string of the molecule is O=C1CCC(Cl)S(=O)(=O)c2ccccc21. The lowest BCUT2D eigenvalue weighted by atomic mass is 10.1. The molecular formula is C10H9ClO3S. The molecular weight excluding hydrogens is 236 g/mol. The third-order valence-electron chi connectivity index (χ3n) is 2.43. The number of ketones is 1. The quantitative estimate of drug-likeness (QED) is 0.656. The van der Waals surface area contributed by atoms with Crippen molar-refractivity contribution >= 4 is 27.2 Å². The first kappa shape index (κ1) is 10.6. The highest BCUT2D eigenvalue weighted by molar-refractivity contribution is 7.93. The highest BCUT2D eigenvalue weighted by Crippen LogP contribution is 2.30. The Labute approximate surface area is 93.0 Å². The van der Waals surface area contributed by atoms with Gasteiger partial charge in [0.2, 0.25) is 0 Å². The Morgan fingerprint density at radius 1 is 1.27 bits per heavy atom.